The van der Waals surface area contributed by atoms with Crippen molar-refractivity contribution in [2.75, 3.05) is 13.1 Å². The van der Waals surface area contributed by atoms with E-state index in [0.29, 0.717) is 0 Å². The van der Waals surface area contributed by atoms with Crippen molar-refractivity contribution in [3.63, 3.8) is 0 Å². The fourth-order valence-electron chi connectivity index (χ4n) is 2.43. The van der Waals surface area contributed by atoms with Crippen molar-refractivity contribution in [3.05, 3.63) is 12.2 Å². The molecule has 1 aliphatic rings. The molecule has 0 spiro atoms. The summed E-state index contributed by atoms with van der Waals surface area (Å²) in [4.78, 5) is 4.11. The first-order valence-electron chi connectivity index (χ1n) is 6.50. The standard InChI is InChI=1S/C12H22N4/c1-2-4-6-11(5-3-1)9-13-8-7-12-14-10-15-16-12/h10-11,13H,1-9H2,(H,14,15,16). The summed E-state index contributed by atoms with van der Waals surface area (Å²) in [5.41, 5.74) is 0. The molecule has 0 amide bonds. The summed E-state index contributed by atoms with van der Waals surface area (Å²) in [5.74, 6) is 1.88. The average molecular weight is 222 g/mol. The molecule has 16 heavy (non-hydrogen) atoms. The van der Waals surface area contributed by atoms with E-state index < -0.39 is 0 Å². The lowest BCUT2D eigenvalue weighted by Gasteiger charge is -2.14. The van der Waals surface area contributed by atoms with Gasteiger partial charge in [0.2, 0.25) is 0 Å². The number of aromatic amines is 1. The molecule has 2 N–H and O–H groups in total. The fraction of sp³-hybridized carbons (Fsp3) is 0.833. The third-order valence-corrected chi connectivity index (χ3v) is 3.41. The van der Waals surface area contributed by atoms with Gasteiger partial charge in [0.15, 0.2) is 0 Å². The van der Waals surface area contributed by atoms with Crippen LogP contribution in [0.5, 0.6) is 0 Å². The van der Waals surface area contributed by atoms with Gasteiger partial charge in [0, 0.05) is 13.0 Å². The van der Waals surface area contributed by atoms with Gasteiger partial charge < -0.3 is 5.32 Å². The van der Waals surface area contributed by atoms with E-state index in [4.69, 9.17) is 0 Å². The summed E-state index contributed by atoms with van der Waals surface area (Å²) < 4.78 is 0. The summed E-state index contributed by atoms with van der Waals surface area (Å²) in [6.45, 7) is 2.18. The monoisotopic (exact) mass is 222 g/mol. The highest BCUT2D eigenvalue weighted by Crippen LogP contribution is 2.21. The predicted molar refractivity (Wildman–Crippen MR) is 64.1 cm³/mol. The third-order valence-electron chi connectivity index (χ3n) is 3.41. The molecule has 0 aromatic carbocycles. The zero-order valence-electron chi connectivity index (χ0n) is 9.91. The fourth-order valence-corrected chi connectivity index (χ4v) is 2.43. The molecule has 1 fully saturated rings. The van der Waals surface area contributed by atoms with Gasteiger partial charge in [-0.15, -0.1) is 0 Å². The highest BCUT2D eigenvalue weighted by molar-refractivity contribution is 4.80. The Hall–Kier alpha value is -0.900. The van der Waals surface area contributed by atoms with Crippen molar-refractivity contribution in [1.29, 1.82) is 0 Å². The lowest BCUT2D eigenvalue weighted by molar-refractivity contribution is 0.426. The molecule has 0 aliphatic heterocycles. The number of rotatable bonds is 5. The lowest BCUT2D eigenvalue weighted by Crippen LogP contribution is -2.25. The van der Waals surface area contributed by atoms with Crippen LogP contribution in [-0.4, -0.2) is 28.3 Å². The third kappa shape index (κ3) is 3.93. The second kappa shape index (κ2) is 6.63. The van der Waals surface area contributed by atoms with E-state index in [9.17, 15) is 0 Å². The molecule has 0 saturated heterocycles. The maximum absolute atomic E-state index is 4.11. The maximum atomic E-state index is 4.11. The molecule has 1 aromatic heterocycles. The van der Waals surface area contributed by atoms with Crippen LogP contribution in [0, 0.1) is 5.92 Å². The molecule has 1 aromatic rings. The van der Waals surface area contributed by atoms with Crippen molar-refractivity contribution in [3.8, 4) is 0 Å². The van der Waals surface area contributed by atoms with E-state index in [0.717, 1.165) is 24.7 Å². The Bertz CT molecular complexity index is 263. The average Bonchev–Trinajstić information content (AvgIpc) is 2.68. The predicted octanol–water partition coefficient (Wildman–Crippen LogP) is 1.91. The first kappa shape index (κ1) is 11.6. The summed E-state index contributed by atoms with van der Waals surface area (Å²) in [6, 6.07) is 0. The molecule has 90 valence electrons. The number of nitrogens with one attached hydrogen (secondary N) is 2. The lowest BCUT2D eigenvalue weighted by atomic mass is 10.0. The van der Waals surface area contributed by atoms with Gasteiger partial charge in [0.1, 0.15) is 12.2 Å². The molecule has 0 radical (unpaired) electrons. The zero-order valence-corrected chi connectivity index (χ0v) is 9.91. The largest absolute Gasteiger partial charge is 0.316 e. The number of aromatic nitrogens is 3. The Morgan fingerprint density at radius 2 is 2.06 bits per heavy atom. The summed E-state index contributed by atoms with van der Waals surface area (Å²) >= 11 is 0. The topological polar surface area (TPSA) is 53.6 Å². The minimum atomic E-state index is 0.900. The summed E-state index contributed by atoms with van der Waals surface area (Å²) in [5, 5.41) is 10.3. The molecule has 1 aliphatic carbocycles. The highest BCUT2D eigenvalue weighted by Gasteiger charge is 2.11. The van der Waals surface area contributed by atoms with E-state index in [2.05, 4.69) is 20.5 Å². The van der Waals surface area contributed by atoms with Crippen molar-refractivity contribution in [2.45, 2.75) is 44.9 Å². The highest BCUT2D eigenvalue weighted by atomic mass is 15.2. The second-order valence-corrected chi connectivity index (χ2v) is 4.74. The Morgan fingerprint density at radius 3 is 2.75 bits per heavy atom. The van der Waals surface area contributed by atoms with Crippen LogP contribution < -0.4 is 5.32 Å². The molecule has 1 saturated carbocycles. The van der Waals surface area contributed by atoms with Crippen LogP contribution in [0.15, 0.2) is 6.33 Å². The number of nitrogens with zero attached hydrogens (tertiary/aromatic N) is 2. The van der Waals surface area contributed by atoms with Crippen LogP contribution in [0.2, 0.25) is 0 Å². The van der Waals surface area contributed by atoms with Gasteiger partial charge >= 0.3 is 0 Å². The minimum absolute atomic E-state index is 0.900. The van der Waals surface area contributed by atoms with Gasteiger partial charge in [-0.05, 0) is 25.3 Å². The number of H-pyrrole nitrogens is 1. The van der Waals surface area contributed by atoms with Gasteiger partial charge in [0.05, 0.1) is 0 Å². The summed E-state index contributed by atoms with van der Waals surface area (Å²) in [7, 11) is 0. The smallest absolute Gasteiger partial charge is 0.137 e. The minimum Gasteiger partial charge on any atom is -0.316 e. The first-order valence-corrected chi connectivity index (χ1v) is 6.50. The van der Waals surface area contributed by atoms with Crippen LogP contribution in [0.4, 0.5) is 0 Å². The van der Waals surface area contributed by atoms with Crippen LogP contribution in [0.25, 0.3) is 0 Å². The quantitative estimate of drug-likeness (QED) is 0.591. The molecule has 2 rings (SSSR count). The van der Waals surface area contributed by atoms with Crippen LogP contribution in [0.3, 0.4) is 0 Å². The van der Waals surface area contributed by atoms with E-state index >= 15 is 0 Å². The zero-order chi connectivity index (χ0) is 11.1. The Balaban J connectivity index is 1.56. The molecular weight excluding hydrogens is 200 g/mol. The molecule has 0 atom stereocenters. The molecular formula is C12H22N4. The SMILES string of the molecule is c1n[nH]c(CCNCC2CCCCCC2)n1. The van der Waals surface area contributed by atoms with Gasteiger partial charge in [-0.25, -0.2) is 4.98 Å². The van der Waals surface area contributed by atoms with E-state index in [-0.39, 0.29) is 0 Å². The Morgan fingerprint density at radius 1 is 1.25 bits per heavy atom. The van der Waals surface area contributed by atoms with E-state index in [1.54, 1.807) is 6.33 Å². The van der Waals surface area contributed by atoms with E-state index in [1.807, 2.05) is 0 Å². The Labute approximate surface area is 97.2 Å². The van der Waals surface area contributed by atoms with Crippen molar-refractivity contribution in [2.24, 2.45) is 5.92 Å². The first-order chi connectivity index (χ1) is 7.95. The normalized spacial score (nSPS) is 18.5. The summed E-state index contributed by atoms with van der Waals surface area (Å²) in [6.07, 6.45) is 11.1. The second-order valence-electron chi connectivity index (χ2n) is 4.74. The van der Waals surface area contributed by atoms with Crippen molar-refractivity contribution >= 4 is 0 Å². The van der Waals surface area contributed by atoms with Crippen molar-refractivity contribution in [1.82, 2.24) is 20.5 Å². The van der Waals surface area contributed by atoms with Crippen LogP contribution in [0.1, 0.15) is 44.3 Å². The van der Waals surface area contributed by atoms with Gasteiger partial charge in [-0.2, -0.15) is 5.10 Å². The maximum Gasteiger partial charge on any atom is 0.137 e. The molecule has 1 heterocycles. The molecule has 4 nitrogen and oxygen atoms in total. The molecule has 4 heteroatoms. The van der Waals surface area contributed by atoms with E-state index in [1.165, 1.54) is 45.1 Å². The number of hydrogen-bond donors (Lipinski definition) is 2. The Kier molecular flexibility index (Phi) is 4.80. The van der Waals surface area contributed by atoms with Crippen LogP contribution in [-0.2, 0) is 6.42 Å². The van der Waals surface area contributed by atoms with Crippen LogP contribution >= 0.6 is 0 Å². The van der Waals surface area contributed by atoms with Crippen molar-refractivity contribution < 1.29 is 0 Å². The van der Waals surface area contributed by atoms with Gasteiger partial charge in [-0.1, -0.05) is 25.7 Å². The molecule has 0 unspecified atom stereocenters. The molecule has 0 bridgehead atoms. The van der Waals surface area contributed by atoms with Gasteiger partial charge in [-0.3, -0.25) is 5.10 Å². The van der Waals surface area contributed by atoms with Gasteiger partial charge in [0.25, 0.3) is 0 Å². The number of hydrogen-bond acceptors (Lipinski definition) is 3.